The summed E-state index contributed by atoms with van der Waals surface area (Å²) in [5, 5.41) is 14.4. The van der Waals surface area contributed by atoms with E-state index in [0.717, 1.165) is 11.3 Å². The zero-order chi connectivity index (χ0) is 16.9. The summed E-state index contributed by atoms with van der Waals surface area (Å²) >= 11 is 5.91. The minimum absolute atomic E-state index is 0.230. The van der Waals surface area contributed by atoms with E-state index in [0.29, 0.717) is 23.1 Å². The van der Waals surface area contributed by atoms with Crippen molar-refractivity contribution in [3.8, 4) is 0 Å². The zero-order valence-corrected chi connectivity index (χ0v) is 13.7. The molecule has 0 saturated heterocycles. The first-order valence-electron chi connectivity index (χ1n) is 7.29. The van der Waals surface area contributed by atoms with E-state index in [4.69, 9.17) is 16.0 Å². The van der Waals surface area contributed by atoms with Crippen LogP contribution in [0.15, 0.2) is 53.1 Å². The highest BCUT2D eigenvalue weighted by molar-refractivity contribution is 6.30. The number of benzene rings is 1. The van der Waals surface area contributed by atoms with Crippen LogP contribution in [0.2, 0.25) is 5.02 Å². The molecular weight excluding hydrogens is 328 g/mol. The topological polar surface area (TPSA) is 80.0 Å². The minimum atomic E-state index is -0.328. The average molecular weight is 343 g/mol. The van der Waals surface area contributed by atoms with Crippen molar-refractivity contribution in [3.63, 3.8) is 0 Å². The maximum Gasteiger partial charge on any atom is 0.276 e. The molecule has 122 valence electrons. The van der Waals surface area contributed by atoms with E-state index in [1.54, 1.807) is 36.6 Å². The highest BCUT2D eigenvalue weighted by atomic mass is 35.5. The smallest absolute Gasteiger partial charge is 0.276 e. The second kappa shape index (κ2) is 7.14. The largest absolute Gasteiger partial charge is 0.467 e. The van der Waals surface area contributed by atoms with Gasteiger partial charge in [0.2, 0.25) is 0 Å². The monoisotopic (exact) mass is 342 g/mol. The van der Waals surface area contributed by atoms with Gasteiger partial charge in [0.15, 0.2) is 5.69 Å². The van der Waals surface area contributed by atoms with Gasteiger partial charge in [0.1, 0.15) is 11.6 Å². The van der Waals surface area contributed by atoms with Crippen LogP contribution in [-0.2, 0) is 6.54 Å². The van der Waals surface area contributed by atoms with Crippen molar-refractivity contribution in [3.05, 3.63) is 70.8 Å². The van der Waals surface area contributed by atoms with E-state index in [-0.39, 0.29) is 11.6 Å². The SMILES string of the molecule is Cc1cc(Cl)ccc1NC(=O)c1ccc(NCc2ccco2)nn1. The van der Waals surface area contributed by atoms with Crippen molar-refractivity contribution < 1.29 is 9.21 Å². The molecule has 3 aromatic rings. The lowest BCUT2D eigenvalue weighted by Crippen LogP contribution is -2.15. The summed E-state index contributed by atoms with van der Waals surface area (Å²) in [4.78, 5) is 12.2. The van der Waals surface area contributed by atoms with Gasteiger partial charge in [-0.05, 0) is 55.0 Å². The van der Waals surface area contributed by atoms with Gasteiger partial charge in [0, 0.05) is 10.7 Å². The van der Waals surface area contributed by atoms with Gasteiger partial charge in [-0.2, -0.15) is 0 Å². The first-order valence-corrected chi connectivity index (χ1v) is 7.67. The molecule has 0 aliphatic heterocycles. The maximum absolute atomic E-state index is 12.2. The Balaban J connectivity index is 1.63. The van der Waals surface area contributed by atoms with Gasteiger partial charge in [0.25, 0.3) is 5.91 Å². The summed E-state index contributed by atoms with van der Waals surface area (Å²) in [6, 6.07) is 12.2. The van der Waals surface area contributed by atoms with E-state index in [9.17, 15) is 4.79 Å². The fraction of sp³-hybridized carbons (Fsp3) is 0.118. The maximum atomic E-state index is 12.2. The van der Waals surface area contributed by atoms with Gasteiger partial charge < -0.3 is 15.1 Å². The highest BCUT2D eigenvalue weighted by Crippen LogP contribution is 2.20. The lowest BCUT2D eigenvalue weighted by atomic mass is 10.2. The first-order chi connectivity index (χ1) is 11.6. The number of carbonyl (C=O) groups excluding carboxylic acids is 1. The Morgan fingerprint density at radius 2 is 2.08 bits per heavy atom. The number of hydrogen-bond donors (Lipinski definition) is 2. The summed E-state index contributed by atoms with van der Waals surface area (Å²) < 4.78 is 5.22. The molecule has 0 unspecified atom stereocenters. The molecule has 0 spiro atoms. The number of hydrogen-bond acceptors (Lipinski definition) is 5. The number of halogens is 1. The second-order valence-electron chi connectivity index (χ2n) is 5.15. The van der Waals surface area contributed by atoms with E-state index in [1.807, 2.05) is 19.1 Å². The van der Waals surface area contributed by atoms with Crippen molar-refractivity contribution >= 4 is 29.0 Å². The molecule has 6 nitrogen and oxygen atoms in total. The van der Waals surface area contributed by atoms with Gasteiger partial charge in [-0.3, -0.25) is 4.79 Å². The molecular formula is C17H15ClN4O2. The lowest BCUT2D eigenvalue weighted by Gasteiger charge is -2.08. The predicted octanol–water partition coefficient (Wildman–Crippen LogP) is 3.90. The van der Waals surface area contributed by atoms with Crippen LogP contribution in [0, 0.1) is 6.92 Å². The van der Waals surface area contributed by atoms with Crippen LogP contribution in [-0.4, -0.2) is 16.1 Å². The van der Waals surface area contributed by atoms with Crippen LogP contribution in [0.1, 0.15) is 21.8 Å². The number of nitrogens with one attached hydrogen (secondary N) is 2. The summed E-state index contributed by atoms with van der Waals surface area (Å²) in [7, 11) is 0. The van der Waals surface area contributed by atoms with Crippen LogP contribution in [0.3, 0.4) is 0 Å². The van der Waals surface area contributed by atoms with Crippen molar-refractivity contribution in [1.82, 2.24) is 10.2 Å². The van der Waals surface area contributed by atoms with Crippen LogP contribution in [0.25, 0.3) is 0 Å². The highest BCUT2D eigenvalue weighted by Gasteiger charge is 2.10. The summed E-state index contributed by atoms with van der Waals surface area (Å²) in [5.74, 6) is 1.02. The van der Waals surface area contributed by atoms with Gasteiger partial charge in [-0.1, -0.05) is 11.6 Å². The molecule has 24 heavy (non-hydrogen) atoms. The standard InChI is InChI=1S/C17H15ClN4O2/c1-11-9-12(18)4-5-14(11)20-17(23)15-6-7-16(22-21-15)19-10-13-3-2-8-24-13/h2-9H,10H2,1H3,(H,19,22)(H,20,23). The summed E-state index contributed by atoms with van der Waals surface area (Å²) in [5.41, 5.74) is 1.79. The Kier molecular flexibility index (Phi) is 4.77. The lowest BCUT2D eigenvalue weighted by molar-refractivity contribution is 0.102. The fourth-order valence-electron chi connectivity index (χ4n) is 2.09. The molecule has 0 bridgehead atoms. The Hall–Kier alpha value is -2.86. The van der Waals surface area contributed by atoms with E-state index in [1.165, 1.54) is 0 Å². The number of furan rings is 1. The average Bonchev–Trinajstić information content (AvgIpc) is 3.09. The van der Waals surface area contributed by atoms with Crippen molar-refractivity contribution in [1.29, 1.82) is 0 Å². The number of anilines is 2. The van der Waals surface area contributed by atoms with Gasteiger partial charge in [0.05, 0.1) is 12.8 Å². The Morgan fingerprint density at radius 1 is 1.21 bits per heavy atom. The minimum Gasteiger partial charge on any atom is -0.467 e. The van der Waals surface area contributed by atoms with E-state index < -0.39 is 0 Å². The van der Waals surface area contributed by atoms with Gasteiger partial charge in [-0.15, -0.1) is 10.2 Å². The quantitative estimate of drug-likeness (QED) is 0.735. The van der Waals surface area contributed by atoms with E-state index >= 15 is 0 Å². The predicted molar refractivity (Wildman–Crippen MR) is 92.2 cm³/mol. The molecule has 0 aliphatic carbocycles. The normalized spacial score (nSPS) is 10.4. The van der Waals surface area contributed by atoms with Gasteiger partial charge >= 0.3 is 0 Å². The molecule has 1 aromatic carbocycles. The van der Waals surface area contributed by atoms with Crippen molar-refractivity contribution in [2.75, 3.05) is 10.6 Å². The molecule has 0 fully saturated rings. The third-order valence-electron chi connectivity index (χ3n) is 3.36. The number of carbonyl (C=O) groups is 1. The van der Waals surface area contributed by atoms with E-state index in [2.05, 4.69) is 20.8 Å². The van der Waals surface area contributed by atoms with Crippen molar-refractivity contribution in [2.24, 2.45) is 0 Å². The third-order valence-corrected chi connectivity index (χ3v) is 3.59. The Labute approximate surface area is 143 Å². The first kappa shape index (κ1) is 16.0. The number of rotatable bonds is 5. The molecule has 2 N–H and O–H groups in total. The number of nitrogens with zero attached hydrogens (tertiary/aromatic N) is 2. The summed E-state index contributed by atoms with van der Waals surface area (Å²) in [6.45, 7) is 2.37. The molecule has 3 rings (SSSR count). The molecule has 0 aliphatic rings. The molecule has 7 heteroatoms. The number of aromatic nitrogens is 2. The molecule has 2 aromatic heterocycles. The summed E-state index contributed by atoms with van der Waals surface area (Å²) in [6.07, 6.45) is 1.61. The van der Waals surface area contributed by atoms with Crippen LogP contribution >= 0.6 is 11.6 Å². The van der Waals surface area contributed by atoms with Gasteiger partial charge in [-0.25, -0.2) is 0 Å². The second-order valence-corrected chi connectivity index (χ2v) is 5.59. The zero-order valence-electron chi connectivity index (χ0n) is 12.9. The molecule has 0 radical (unpaired) electrons. The molecule has 1 amide bonds. The Morgan fingerprint density at radius 3 is 2.75 bits per heavy atom. The number of aryl methyl sites for hydroxylation is 1. The molecule has 2 heterocycles. The van der Waals surface area contributed by atoms with Crippen LogP contribution in [0.4, 0.5) is 11.5 Å². The number of amides is 1. The molecule has 0 saturated carbocycles. The fourth-order valence-corrected chi connectivity index (χ4v) is 2.32. The molecule has 0 atom stereocenters. The Bertz CT molecular complexity index is 832. The van der Waals surface area contributed by atoms with Crippen LogP contribution in [0.5, 0.6) is 0 Å². The van der Waals surface area contributed by atoms with Crippen LogP contribution < -0.4 is 10.6 Å². The third kappa shape index (κ3) is 3.91. The van der Waals surface area contributed by atoms with Crippen molar-refractivity contribution in [2.45, 2.75) is 13.5 Å².